The predicted octanol–water partition coefficient (Wildman–Crippen LogP) is 8.27. The summed E-state index contributed by atoms with van der Waals surface area (Å²) in [6, 6.07) is 0. The lowest BCUT2D eigenvalue weighted by molar-refractivity contribution is -0.148. The Morgan fingerprint density at radius 3 is 2.00 bits per heavy atom. The number of esters is 1. The average molecular weight is 429 g/mol. The zero-order valence-electron chi connectivity index (χ0n) is 20.6. The third kappa shape index (κ3) is 7.79. The topological polar surface area (TPSA) is 26.3 Å². The average Bonchev–Trinajstić information content (AvgIpc) is 3.01. The molecular weight excluding hydrogens is 380 g/mol. The summed E-state index contributed by atoms with van der Waals surface area (Å²) in [4.78, 5) is 12.5. The highest BCUT2D eigenvalue weighted by Crippen LogP contribution is 2.41. The van der Waals surface area contributed by atoms with Crippen molar-refractivity contribution in [3.05, 3.63) is 23.8 Å². The predicted molar refractivity (Wildman–Crippen MR) is 131 cm³/mol. The molecule has 3 rings (SSSR count). The minimum absolute atomic E-state index is 0.0457. The molecule has 0 amide bonds. The number of ether oxygens (including phenoxy) is 1. The second-order valence-corrected chi connectivity index (χ2v) is 11.1. The lowest BCUT2D eigenvalue weighted by Gasteiger charge is -2.36. The van der Waals surface area contributed by atoms with Crippen molar-refractivity contribution in [1.82, 2.24) is 0 Å². The molecule has 0 heterocycles. The molecule has 0 spiro atoms. The van der Waals surface area contributed by atoms with Crippen LogP contribution in [-0.4, -0.2) is 12.6 Å². The number of rotatable bonds is 7. The van der Waals surface area contributed by atoms with Crippen LogP contribution in [0.4, 0.5) is 0 Å². The number of allylic oxidation sites excluding steroid dienone is 3. The molecule has 176 valence electrons. The van der Waals surface area contributed by atoms with Crippen LogP contribution >= 0.6 is 0 Å². The van der Waals surface area contributed by atoms with E-state index in [1.807, 2.05) is 0 Å². The van der Waals surface area contributed by atoms with Crippen molar-refractivity contribution in [3.8, 4) is 0 Å². The van der Waals surface area contributed by atoms with Crippen molar-refractivity contribution < 1.29 is 9.53 Å². The molecule has 3 aliphatic carbocycles. The molecule has 31 heavy (non-hydrogen) atoms. The Balaban J connectivity index is 1.32. The molecule has 2 unspecified atom stereocenters. The van der Waals surface area contributed by atoms with Crippen LogP contribution in [0.25, 0.3) is 0 Å². The number of carbonyl (C=O) groups is 1. The van der Waals surface area contributed by atoms with E-state index in [0.29, 0.717) is 6.61 Å². The second kappa shape index (κ2) is 12.9. The fourth-order valence-electron chi connectivity index (χ4n) is 6.50. The van der Waals surface area contributed by atoms with Gasteiger partial charge in [-0.2, -0.15) is 0 Å². The fourth-order valence-corrected chi connectivity index (χ4v) is 6.50. The van der Waals surface area contributed by atoms with E-state index >= 15 is 0 Å². The third-order valence-corrected chi connectivity index (χ3v) is 8.83. The highest BCUT2D eigenvalue weighted by Gasteiger charge is 2.32. The largest absolute Gasteiger partial charge is 0.461 e. The van der Waals surface area contributed by atoms with Crippen LogP contribution in [0.15, 0.2) is 23.8 Å². The van der Waals surface area contributed by atoms with Crippen LogP contribution < -0.4 is 0 Å². The van der Waals surface area contributed by atoms with Gasteiger partial charge in [0.05, 0.1) is 5.92 Å². The first-order chi connectivity index (χ1) is 15.1. The monoisotopic (exact) mass is 428 g/mol. The second-order valence-electron chi connectivity index (χ2n) is 11.1. The SMILES string of the molecule is C/C=C(\C/C=C\COC(=O)C1CCC(C2CCC(C)CC2)CC1)C1CCCC(C)CC1. The molecule has 2 nitrogen and oxygen atoms in total. The maximum Gasteiger partial charge on any atom is 0.309 e. The van der Waals surface area contributed by atoms with Crippen molar-refractivity contribution in [2.75, 3.05) is 6.61 Å². The zero-order chi connectivity index (χ0) is 22.1. The van der Waals surface area contributed by atoms with Crippen molar-refractivity contribution >= 4 is 5.97 Å². The lowest BCUT2D eigenvalue weighted by atomic mass is 9.69. The summed E-state index contributed by atoms with van der Waals surface area (Å²) in [5, 5.41) is 0. The van der Waals surface area contributed by atoms with Gasteiger partial charge in [-0.1, -0.05) is 69.8 Å². The molecule has 0 aromatic carbocycles. The van der Waals surface area contributed by atoms with E-state index in [4.69, 9.17) is 4.74 Å². The summed E-state index contributed by atoms with van der Waals surface area (Å²) >= 11 is 0. The van der Waals surface area contributed by atoms with Gasteiger partial charge in [-0.15, -0.1) is 0 Å². The number of carbonyl (C=O) groups excluding carboxylic acids is 1. The maximum absolute atomic E-state index is 12.5. The molecular formula is C29H48O2. The minimum atomic E-state index is 0.0457. The van der Waals surface area contributed by atoms with Gasteiger partial charge < -0.3 is 4.74 Å². The molecule has 0 saturated heterocycles. The molecule has 0 aliphatic heterocycles. The minimum Gasteiger partial charge on any atom is -0.461 e. The first-order valence-corrected chi connectivity index (χ1v) is 13.5. The number of hydrogen-bond donors (Lipinski definition) is 0. The van der Waals surface area contributed by atoms with Gasteiger partial charge in [0.2, 0.25) is 0 Å². The molecule has 0 radical (unpaired) electrons. The summed E-state index contributed by atoms with van der Waals surface area (Å²) in [6.45, 7) is 7.42. The highest BCUT2D eigenvalue weighted by atomic mass is 16.5. The summed E-state index contributed by atoms with van der Waals surface area (Å²) in [5.41, 5.74) is 1.58. The molecule has 0 aromatic rings. The van der Waals surface area contributed by atoms with Gasteiger partial charge in [0.15, 0.2) is 0 Å². The van der Waals surface area contributed by atoms with E-state index in [9.17, 15) is 4.79 Å². The number of hydrogen-bond acceptors (Lipinski definition) is 2. The van der Waals surface area contributed by atoms with Crippen LogP contribution in [0.5, 0.6) is 0 Å². The summed E-state index contributed by atoms with van der Waals surface area (Å²) in [7, 11) is 0. The van der Waals surface area contributed by atoms with E-state index < -0.39 is 0 Å². The maximum atomic E-state index is 12.5. The first kappa shape index (κ1) is 24.6. The third-order valence-electron chi connectivity index (χ3n) is 8.83. The first-order valence-electron chi connectivity index (χ1n) is 13.5. The van der Waals surface area contributed by atoms with Crippen LogP contribution in [0.2, 0.25) is 0 Å². The van der Waals surface area contributed by atoms with Crippen LogP contribution in [-0.2, 0) is 9.53 Å². The molecule has 3 fully saturated rings. The van der Waals surface area contributed by atoms with E-state index in [1.165, 1.54) is 70.6 Å². The van der Waals surface area contributed by atoms with E-state index in [2.05, 4.69) is 39.0 Å². The quantitative estimate of drug-likeness (QED) is 0.232. The van der Waals surface area contributed by atoms with Gasteiger partial charge in [-0.05, 0) is 94.3 Å². The smallest absolute Gasteiger partial charge is 0.309 e. The van der Waals surface area contributed by atoms with Gasteiger partial charge in [0, 0.05) is 0 Å². The van der Waals surface area contributed by atoms with E-state index in [1.54, 1.807) is 5.57 Å². The molecule has 3 aliphatic rings. The summed E-state index contributed by atoms with van der Waals surface area (Å²) < 4.78 is 5.63. The molecule has 0 N–H and O–H groups in total. The lowest BCUT2D eigenvalue weighted by Crippen LogP contribution is -2.28. The van der Waals surface area contributed by atoms with Gasteiger partial charge in [-0.25, -0.2) is 0 Å². The summed E-state index contributed by atoms with van der Waals surface area (Å²) in [6.07, 6.45) is 24.6. The Labute approximate surface area is 192 Å². The van der Waals surface area contributed by atoms with Crippen molar-refractivity contribution in [2.24, 2.45) is 35.5 Å². The Bertz CT molecular complexity index is 588. The van der Waals surface area contributed by atoms with Crippen LogP contribution in [0, 0.1) is 35.5 Å². The van der Waals surface area contributed by atoms with Crippen LogP contribution in [0.3, 0.4) is 0 Å². The normalized spacial score (nSPS) is 35.6. The Morgan fingerprint density at radius 2 is 1.32 bits per heavy atom. The molecule has 2 atom stereocenters. The van der Waals surface area contributed by atoms with Crippen molar-refractivity contribution in [1.29, 1.82) is 0 Å². The standard InChI is InChI=1S/C29H48O2/c1-4-24(25-10-7-8-22(2)11-14-25)9-5-6-21-31-29(30)28-19-17-27(18-20-28)26-15-12-23(3)13-16-26/h4-6,22-23,25-28H,7-21H2,1-3H3/b6-5-,24-4+. The highest BCUT2D eigenvalue weighted by molar-refractivity contribution is 5.72. The van der Waals surface area contributed by atoms with Gasteiger partial charge in [0.1, 0.15) is 6.61 Å². The van der Waals surface area contributed by atoms with Crippen LogP contribution in [0.1, 0.15) is 111 Å². The Hall–Kier alpha value is -1.05. The fraction of sp³-hybridized carbons (Fsp3) is 0.828. The molecule has 3 saturated carbocycles. The van der Waals surface area contributed by atoms with Crippen molar-refractivity contribution in [2.45, 2.75) is 111 Å². The van der Waals surface area contributed by atoms with Gasteiger partial charge in [0.25, 0.3) is 0 Å². The molecule has 0 aromatic heterocycles. The van der Waals surface area contributed by atoms with Crippen molar-refractivity contribution in [3.63, 3.8) is 0 Å². The molecule has 0 bridgehead atoms. The molecule has 2 heteroatoms. The zero-order valence-corrected chi connectivity index (χ0v) is 20.6. The van der Waals surface area contributed by atoms with E-state index in [0.717, 1.165) is 48.9 Å². The van der Waals surface area contributed by atoms with Gasteiger partial charge in [-0.3, -0.25) is 4.79 Å². The van der Waals surface area contributed by atoms with E-state index in [-0.39, 0.29) is 11.9 Å². The Kier molecular flexibility index (Phi) is 10.2. The van der Waals surface area contributed by atoms with Gasteiger partial charge >= 0.3 is 5.97 Å². The summed E-state index contributed by atoms with van der Waals surface area (Å²) in [5.74, 6) is 4.55. The Morgan fingerprint density at radius 1 is 0.742 bits per heavy atom.